The molecule has 174 valence electrons. The summed E-state index contributed by atoms with van der Waals surface area (Å²) in [6.07, 6.45) is 2.44. The third-order valence-electron chi connectivity index (χ3n) is 5.93. The summed E-state index contributed by atoms with van der Waals surface area (Å²) in [7, 11) is 1.78. The molecule has 1 aliphatic rings. The summed E-state index contributed by atoms with van der Waals surface area (Å²) in [4.78, 5) is 42.2. The third kappa shape index (κ3) is 5.61. The van der Waals surface area contributed by atoms with Gasteiger partial charge in [0.25, 0.3) is 0 Å². The van der Waals surface area contributed by atoms with Crippen molar-refractivity contribution in [3.05, 3.63) is 64.1 Å². The minimum Gasteiger partial charge on any atom is -0.482 e. The maximum absolute atomic E-state index is 13.2. The topological polar surface area (TPSA) is 116 Å². The van der Waals surface area contributed by atoms with Crippen molar-refractivity contribution in [2.75, 3.05) is 33.3 Å². The first-order valence-electron chi connectivity index (χ1n) is 10.9. The standard InChI is InChI=1S/C24H27N3O6/c1-26(22(28)12-16-7-8-21-19(11-16)25-24(31)33-21)20(14-27-9-2-3-10-27)17-5-4-6-18(13-17)32-15-23(29)30/h4-8,11,13,20H,2-3,9-10,12,14-15H2,1H3,(H,25,31)(H,29,30)/t20-/m0/s1. The van der Waals surface area contributed by atoms with E-state index in [4.69, 9.17) is 14.3 Å². The van der Waals surface area contributed by atoms with Gasteiger partial charge in [0.05, 0.1) is 18.0 Å². The number of benzene rings is 2. The monoisotopic (exact) mass is 453 g/mol. The number of carbonyl (C=O) groups excluding carboxylic acids is 1. The Labute approximate surface area is 190 Å². The number of likely N-dealkylation sites (tertiary alicyclic amines) is 1. The van der Waals surface area contributed by atoms with Crippen LogP contribution in [0.1, 0.15) is 30.0 Å². The lowest BCUT2D eigenvalue weighted by Crippen LogP contribution is -2.39. The zero-order valence-electron chi connectivity index (χ0n) is 18.5. The molecule has 1 atom stereocenters. The number of rotatable bonds is 9. The number of fused-ring (bicyclic) bond motifs is 1. The van der Waals surface area contributed by atoms with Crippen LogP contribution in [-0.4, -0.2) is 65.1 Å². The predicted octanol–water partition coefficient (Wildman–Crippen LogP) is 2.42. The van der Waals surface area contributed by atoms with Gasteiger partial charge in [0.2, 0.25) is 5.91 Å². The lowest BCUT2D eigenvalue weighted by Gasteiger charge is -2.32. The van der Waals surface area contributed by atoms with Crippen molar-refractivity contribution in [1.82, 2.24) is 14.8 Å². The number of hydrogen-bond donors (Lipinski definition) is 2. The predicted molar refractivity (Wildman–Crippen MR) is 121 cm³/mol. The maximum atomic E-state index is 13.2. The Morgan fingerprint density at radius 2 is 2.00 bits per heavy atom. The normalized spacial score (nSPS) is 14.9. The van der Waals surface area contributed by atoms with Crippen LogP contribution in [0.2, 0.25) is 0 Å². The molecular formula is C24H27N3O6. The van der Waals surface area contributed by atoms with Crippen LogP contribution in [0.15, 0.2) is 51.7 Å². The molecule has 1 aromatic heterocycles. The quantitative estimate of drug-likeness (QED) is 0.511. The average molecular weight is 453 g/mol. The van der Waals surface area contributed by atoms with Crippen molar-refractivity contribution < 1.29 is 23.8 Å². The molecule has 1 fully saturated rings. The lowest BCUT2D eigenvalue weighted by atomic mass is 10.0. The first-order chi connectivity index (χ1) is 15.9. The van der Waals surface area contributed by atoms with Gasteiger partial charge in [0, 0.05) is 13.6 Å². The number of hydrogen-bond acceptors (Lipinski definition) is 6. The van der Waals surface area contributed by atoms with Crippen molar-refractivity contribution in [3.8, 4) is 5.75 Å². The fourth-order valence-corrected chi connectivity index (χ4v) is 4.20. The Morgan fingerprint density at radius 3 is 2.76 bits per heavy atom. The number of nitrogens with one attached hydrogen (secondary N) is 1. The highest BCUT2D eigenvalue weighted by atomic mass is 16.5. The summed E-state index contributed by atoms with van der Waals surface area (Å²) < 4.78 is 10.4. The molecule has 3 aromatic rings. The average Bonchev–Trinajstić information content (AvgIpc) is 3.44. The molecule has 1 amide bonds. The molecule has 1 aliphatic heterocycles. The SMILES string of the molecule is CN(C(=O)Cc1ccc2oc(=O)[nH]c2c1)[C@@H](CN1CCCC1)c1cccc(OCC(=O)O)c1. The molecule has 33 heavy (non-hydrogen) atoms. The molecule has 0 bridgehead atoms. The smallest absolute Gasteiger partial charge is 0.417 e. The fraction of sp³-hybridized carbons (Fsp3) is 0.375. The summed E-state index contributed by atoms with van der Waals surface area (Å²) in [6, 6.07) is 12.2. The minimum atomic E-state index is -1.04. The van der Waals surface area contributed by atoms with Crippen molar-refractivity contribution in [2.24, 2.45) is 0 Å². The number of carboxylic acids is 1. The molecule has 0 radical (unpaired) electrons. The van der Waals surface area contributed by atoms with Gasteiger partial charge in [0.1, 0.15) is 5.75 Å². The zero-order chi connectivity index (χ0) is 23.4. The lowest BCUT2D eigenvalue weighted by molar-refractivity contribution is -0.139. The summed E-state index contributed by atoms with van der Waals surface area (Å²) in [6.45, 7) is 2.23. The van der Waals surface area contributed by atoms with E-state index >= 15 is 0 Å². The van der Waals surface area contributed by atoms with Gasteiger partial charge in [-0.2, -0.15) is 0 Å². The van der Waals surface area contributed by atoms with E-state index in [1.165, 1.54) is 0 Å². The van der Waals surface area contributed by atoms with Gasteiger partial charge in [0.15, 0.2) is 12.2 Å². The number of aliphatic carboxylic acids is 1. The summed E-state index contributed by atoms with van der Waals surface area (Å²) >= 11 is 0. The molecule has 0 saturated carbocycles. The Balaban J connectivity index is 1.54. The van der Waals surface area contributed by atoms with Crippen LogP contribution in [0.3, 0.4) is 0 Å². The second-order valence-corrected chi connectivity index (χ2v) is 8.30. The third-order valence-corrected chi connectivity index (χ3v) is 5.93. The van der Waals surface area contributed by atoms with Crippen molar-refractivity contribution in [2.45, 2.75) is 25.3 Å². The van der Waals surface area contributed by atoms with E-state index in [0.29, 0.717) is 23.4 Å². The van der Waals surface area contributed by atoms with E-state index in [1.807, 2.05) is 12.1 Å². The van der Waals surface area contributed by atoms with Gasteiger partial charge in [-0.3, -0.25) is 9.78 Å². The van der Waals surface area contributed by atoms with Crippen LogP contribution in [-0.2, 0) is 16.0 Å². The molecule has 4 rings (SSSR count). The number of amides is 1. The number of carbonyl (C=O) groups is 2. The van der Waals surface area contributed by atoms with Gasteiger partial charge in [-0.1, -0.05) is 18.2 Å². The van der Waals surface area contributed by atoms with Gasteiger partial charge in [-0.15, -0.1) is 0 Å². The Hall–Kier alpha value is -3.59. The molecule has 0 spiro atoms. The Kier molecular flexibility index (Phi) is 6.79. The minimum absolute atomic E-state index is 0.0683. The van der Waals surface area contributed by atoms with Crippen molar-refractivity contribution in [1.29, 1.82) is 0 Å². The van der Waals surface area contributed by atoms with E-state index in [2.05, 4.69) is 9.88 Å². The number of aromatic nitrogens is 1. The summed E-state index contributed by atoms with van der Waals surface area (Å²) in [5.41, 5.74) is 2.67. The molecule has 2 aromatic carbocycles. The van der Waals surface area contributed by atoms with Crippen LogP contribution < -0.4 is 10.5 Å². The molecule has 1 saturated heterocycles. The number of H-pyrrole nitrogens is 1. The molecule has 2 N–H and O–H groups in total. The van der Waals surface area contributed by atoms with E-state index in [-0.39, 0.29) is 18.4 Å². The van der Waals surface area contributed by atoms with Crippen LogP contribution in [0.5, 0.6) is 5.75 Å². The van der Waals surface area contributed by atoms with Gasteiger partial charge in [-0.25, -0.2) is 9.59 Å². The number of aromatic amines is 1. The van der Waals surface area contributed by atoms with E-state index < -0.39 is 18.3 Å². The summed E-state index contributed by atoms with van der Waals surface area (Å²) in [5.74, 6) is -1.18. The zero-order valence-corrected chi connectivity index (χ0v) is 18.5. The molecule has 2 heterocycles. The van der Waals surface area contributed by atoms with Crippen LogP contribution in [0.25, 0.3) is 11.1 Å². The van der Waals surface area contributed by atoms with Gasteiger partial charge >= 0.3 is 11.7 Å². The highest BCUT2D eigenvalue weighted by Gasteiger charge is 2.26. The molecular weight excluding hydrogens is 426 g/mol. The Bertz CT molecular complexity index is 1190. The van der Waals surface area contributed by atoms with Crippen molar-refractivity contribution >= 4 is 23.0 Å². The maximum Gasteiger partial charge on any atom is 0.417 e. The van der Waals surface area contributed by atoms with Gasteiger partial charge in [-0.05, 0) is 61.3 Å². The van der Waals surface area contributed by atoms with E-state index in [0.717, 1.165) is 37.1 Å². The Morgan fingerprint density at radius 1 is 1.21 bits per heavy atom. The largest absolute Gasteiger partial charge is 0.482 e. The van der Waals surface area contributed by atoms with Crippen LogP contribution >= 0.6 is 0 Å². The number of likely N-dealkylation sites (N-methyl/N-ethyl adjacent to an activating group) is 1. The summed E-state index contributed by atoms with van der Waals surface area (Å²) in [5, 5.41) is 8.90. The van der Waals surface area contributed by atoms with Crippen molar-refractivity contribution in [3.63, 3.8) is 0 Å². The second-order valence-electron chi connectivity index (χ2n) is 8.30. The second kappa shape index (κ2) is 9.91. The number of nitrogens with zero attached hydrogens (tertiary/aromatic N) is 2. The fourth-order valence-electron chi connectivity index (χ4n) is 4.20. The van der Waals surface area contributed by atoms with Crippen LogP contribution in [0, 0.1) is 0 Å². The first-order valence-corrected chi connectivity index (χ1v) is 10.9. The first kappa shape index (κ1) is 22.6. The van der Waals surface area contributed by atoms with E-state index in [9.17, 15) is 14.4 Å². The molecule has 9 nitrogen and oxygen atoms in total. The molecule has 0 unspecified atom stereocenters. The molecule has 0 aliphatic carbocycles. The molecule has 9 heteroatoms. The van der Waals surface area contributed by atoms with Gasteiger partial charge < -0.3 is 24.1 Å². The number of carboxylic acid groups (broad SMARTS) is 1. The number of ether oxygens (including phenoxy) is 1. The van der Waals surface area contributed by atoms with E-state index in [1.54, 1.807) is 42.3 Å². The number of oxazole rings is 1. The van der Waals surface area contributed by atoms with Crippen LogP contribution in [0.4, 0.5) is 0 Å². The highest BCUT2D eigenvalue weighted by molar-refractivity contribution is 5.81. The highest BCUT2D eigenvalue weighted by Crippen LogP contribution is 2.27.